The largest absolute Gasteiger partial charge is 0.453 e. The molecule has 0 unspecified atom stereocenters. The Morgan fingerprint density at radius 2 is 1.37 bits per heavy atom. The summed E-state index contributed by atoms with van der Waals surface area (Å²) in [6.07, 6.45) is 0. The number of furan rings is 1. The van der Waals surface area contributed by atoms with Crippen LogP contribution in [0.4, 0.5) is 0 Å². The van der Waals surface area contributed by atoms with Gasteiger partial charge in [-0.1, -0.05) is 58.0 Å². The van der Waals surface area contributed by atoms with E-state index < -0.39 is 0 Å². The molecule has 0 bridgehead atoms. The highest BCUT2D eigenvalue weighted by molar-refractivity contribution is 9.10. The van der Waals surface area contributed by atoms with E-state index in [-0.39, 0.29) is 15.1 Å². The first kappa shape index (κ1) is 14.1. The Bertz CT molecular complexity index is 840. The van der Waals surface area contributed by atoms with Crippen molar-refractivity contribution in [2.24, 2.45) is 0 Å². The highest BCUT2D eigenvalue weighted by atomic mass is 79.9. The van der Waals surface area contributed by atoms with Crippen molar-refractivity contribution in [1.29, 1.82) is 0 Å². The first-order valence-corrected chi connectivity index (χ1v) is 7.64. The first-order chi connectivity index (χ1) is 8.93. The summed E-state index contributed by atoms with van der Waals surface area (Å²) in [4.78, 5) is 0. The summed E-state index contributed by atoms with van der Waals surface area (Å²) in [7, 11) is 0. The van der Waals surface area contributed by atoms with Crippen molar-refractivity contribution < 1.29 is 4.42 Å². The third-order valence-corrected chi connectivity index (χ3v) is 5.80. The summed E-state index contributed by atoms with van der Waals surface area (Å²) in [6.45, 7) is 0. The molecule has 0 N–H and O–H groups in total. The molecule has 0 saturated heterocycles. The maximum Gasteiger partial charge on any atom is 0.157 e. The molecule has 0 aliphatic heterocycles. The molecule has 2 aromatic carbocycles. The third-order valence-electron chi connectivity index (χ3n) is 2.75. The monoisotopic (exact) mass is 416 g/mol. The topological polar surface area (TPSA) is 13.1 Å². The molecular formula is C12H2BrCl5O. The van der Waals surface area contributed by atoms with Crippen LogP contribution < -0.4 is 0 Å². The van der Waals surface area contributed by atoms with Crippen molar-refractivity contribution in [3.05, 3.63) is 41.7 Å². The van der Waals surface area contributed by atoms with E-state index in [1.54, 1.807) is 6.07 Å². The van der Waals surface area contributed by atoms with Gasteiger partial charge in [0, 0.05) is 9.86 Å². The van der Waals surface area contributed by atoms with Crippen molar-refractivity contribution in [3.63, 3.8) is 0 Å². The second-order valence-corrected chi connectivity index (χ2v) is 6.54. The minimum atomic E-state index is 0.162. The Kier molecular flexibility index (Phi) is 3.62. The van der Waals surface area contributed by atoms with Crippen LogP contribution in [-0.2, 0) is 0 Å². The summed E-state index contributed by atoms with van der Waals surface area (Å²) in [5.74, 6) is 0. The predicted octanol–water partition coefficient (Wildman–Crippen LogP) is 7.62. The van der Waals surface area contributed by atoms with Gasteiger partial charge in [0.25, 0.3) is 0 Å². The molecule has 0 atom stereocenters. The van der Waals surface area contributed by atoms with E-state index in [9.17, 15) is 0 Å². The van der Waals surface area contributed by atoms with Crippen LogP contribution in [0.2, 0.25) is 25.1 Å². The lowest BCUT2D eigenvalue weighted by molar-refractivity contribution is 0.669. The van der Waals surface area contributed by atoms with Crippen molar-refractivity contribution in [2.45, 2.75) is 0 Å². The minimum Gasteiger partial charge on any atom is -0.453 e. The molecule has 0 spiro atoms. The Morgan fingerprint density at radius 1 is 0.737 bits per heavy atom. The number of fused-ring (bicyclic) bond motifs is 3. The molecule has 0 amide bonds. The lowest BCUT2D eigenvalue weighted by atomic mass is 10.1. The normalized spacial score (nSPS) is 11.7. The van der Waals surface area contributed by atoms with Crippen LogP contribution in [0.1, 0.15) is 0 Å². The van der Waals surface area contributed by atoms with Gasteiger partial charge < -0.3 is 4.42 Å². The van der Waals surface area contributed by atoms with Gasteiger partial charge in [-0.15, -0.1) is 0 Å². The molecule has 0 fully saturated rings. The summed E-state index contributed by atoms with van der Waals surface area (Å²) in [6, 6.07) is 3.62. The molecule has 98 valence electrons. The van der Waals surface area contributed by atoms with E-state index >= 15 is 0 Å². The maximum absolute atomic E-state index is 6.23. The van der Waals surface area contributed by atoms with Crippen molar-refractivity contribution in [2.75, 3.05) is 0 Å². The Balaban J connectivity index is 2.66. The summed E-state index contributed by atoms with van der Waals surface area (Å²) in [5.41, 5.74) is 0.851. The van der Waals surface area contributed by atoms with E-state index in [0.29, 0.717) is 31.1 Å². The molecule has 0 aliphatic rings. The second-order valence-electron chi connectivity index (χ2n) is 3.80. The van der Waals surface area contributed by atoms with Gasteiger partial charge in [-0.25, -0.2) is 0 Å². The lowest BCUT2D eigenvalue weighted by Crippen LogP contribution is -1.77. The predicted molar refractivity (Wildman–Crippen MR) is 86.5 cm³/mol. The zero-order valence-electron chi connectivity index (χ0n) is 8.83. The van der Waals surface area contributed by atoms with Crippen molar-refractivity contribution >= 4 is 95.9 Å². The van der Waals surface area contributed by atoms with E-state index in [0.717, 1.165) is 5.39 Å². The van der Waals surface area contributed by atoms with Gasteiger partial charge in [0.1, 0.15) is 5.02 Å². The quantitative estimate of drug-likeness (QED) is 0.270. The summed E-state index contributed by atoms with van der Waals surface area (Å²) < 4.78 is 6.40. The molecule has 7 heteroatoms. The van der Waals surface area contributed by atoms with Gasteiger partial charge in [-0.05, 0) is 28.1 Å². The zero-order chi connectivity index (χ0) is 13.9. The van der Waals surface area contributed by atoms with E-state index in [1.165, 1.54) is 0 Å². The average molecular weight is 419 g/mol. The van der Waals surface area contributed by atoms with Crippen LogP contribution in [0, 0.1) is 0 Å². The third kappa shape index (κ3) is 1.97. The van der Waals surface area contributed by atoms with Crippen LogP contribution in [-0.4, -0.2) is 0 Å². The standard InChI is InChI=1S/C12H2BrCl5O/c13-4-2-1-3-5-7(15)8(16)9(17)10(18)12(5)19-11(3)6(4)14/h1-2H. The lowest BCUT2D eigenvalue weighted by Gasteiger charge is -2.03. The van der Waals surface area contributed by atoms with Gasteiger partial charge in [-0.3, -0.25) is 0 Å². The molecule has 0 aliphatic carbocycles. The molecule has 1 nitrogen and oxygen atoms in total. The van der Waals surface area contributed by atoms with Crippen molar-refractivity contribution in [1.82, 2.24) is 0 Å². The van der Waals surface area contributed by atoms with Gasteiger partial charge in [-0.2, -0.15) is 0 Å². The van der Waals surface area contributed by atoms with Crippen LogP contribution in [0.25, 0.3) is 21.9 Å². The van der Waals surface area contributed by atoms with Gasteiger partial charge >= 0.3 is 0 Å². The zero-order valence-corrected chi connectivity index (χ0v) is 14.2. The molecule has 1 heterocycles. The molecule has 3 rings (SSSR count). The fourth-order valence-electron chi connectivity index (χ4n) is 1.88. The Labute approximate surface area is 141 Å². The molecule has 0 saturated carbocycles. The highest BCUT2D eigenvalue weighted by Gasteiger charge is 2.22. The SMILES string of the molecule is Clc1c(Cl)c(Cl)c2c(oc3c(Cl)c(Br)ccc32)c1Cl. The minimum absolute atomic E-state index is 0.162. The summed E-state index contributed by atoms with van der Waals surface area (Å²) >= 11 is 34.0. The Hall–Kier alpha value is 0.170. The van der Waals surface area contributed by atoms with Gasteiger partial charge in [0.05, 0.1) is 25.5 Å². The van der Waals surface area contributed by atoms with Crippen molar-refractivity contribution in [3.8, 4) is 0 Å². The first-order valence-electron chi connectivity index (χ1n) is 4.95. The van der Waals surface area contributed by atoms with E-state index in [2.05, 4.69) is 15.9 Å². The maximum atomic E-state index is 6.23. The number of rotatable bonds is 0. The molecule has 19 heavy (non-hydrogen) atoms. The smallest absolute Gasteiger partial charge is 0.157 e. The number of benzene rings is 2. The van der Waals surface area contributed by atoms with Crippen LogP contribution in [0.5, 0.6) is 0 Å². The van der Waals surface area contributed by atoms with Gasteiger partial charge in [0.2, 0.25) is 0 Å². The van der Waals surface area contributed by atoms with Gasteiger partial charge in [0.15, 0.2) is 11.2 Å². The second kappa shape index (κ2) is 4.87. The van der Waals surface area contributed by atoms with E-state index in [1.807, 2.05) is 6.07 Å². The fourth-order valence-corrected chi connectivity index (χ4v) is 3.37. The van der Waals surface area contributed by atoms with Crippen LogP contribution >= 0.6 is 73.9 Å². The molecule has 1 aromatic heterocycles. The van der Waals surface area contributed by atoms with Crippen LogP contribution in [0.15, 0.2) is 21.0 Å². The highest BCUT2D eigenvalue weighted by Crippen LogP contribution is 2.48. The number of hydrogen-bond donors (Lipinski definition) is 0. The molecular weight excluding hydrogens is 417 g/mol. The molecule has 3 aromatic rings. The number of halogens is 6. The molecule has 0 radical (unpaired) electrons. The fraction of sp³-hybridized carbons (Fsp3) is 0. The van der Waals surface area contributed by atoms with E-state index in [4.69, 9.17) is 62.4 Å². The average Bonchev–Trinajstić information content (AvgIpc) is 2.78. The van der Waals surface area contributed by atoms with Crippen LogP contribution in [0.3, 0.4) is 0 Å². The summed E-state index contributed by atoms with van der Waals surface area (Å²) in [5, 5.41) is 2.64. The Morgan fingerprint density at radius 3 is 2.05 bits per heavy atom. The number of hydrogen-bond acceptors (Lipinski definition) is 1.